The normalized spacial score (nSPS) is 15.8. The molecule has 0 bridgehead atoms. The molecule has 24 heavy (non-hydrogen) atoms. The van der Waals surface area contributed by atoms with Crippen LogP contribution in [-0.2, 0) is 6.42 Å². The van der Waals surface area contributed by atoms with Crippen LogP contribution in [-0.4, -0.2) is 49.1 Å². The van der Waals surface area contributed by atoms with Gasteiger partial charge in [0.2, 0.25) is 0 Å². The van der Waals surface area contributed by atoms with Gasteiger partial charge in [0.15, 0.2) is 5.96 Å². The van der Waals surface area contributed by atoms with E-state index in [-0.39, 0.29) is 24.0 Å². The fourth-order valence-corrected chi connectivity index (χ4v) is 2.87. The molecule has 0 amide bonds. The molecule has 1 aliphatic rings. The van der Waals surface area contributed by atoms with Crippen LogP contribution in [0.4, 0.5) is 0 Å². The lowest BCUT2D eigenvalue weighted by atomic mass is 10.0. The first kappa shape index (κ1) is 21.2. The van der Waals surface area contributed by atoms with Crippen LogP contribution in [0, 0.1) is 0 Å². The first-order valence-corrected chi connectivity index (χ1v) is 9.09. The molecule has 2 N–H and O–H groups in total. The molecule has 5 heteroatoms. The number of hydrogen-bond acceptors (Lipinski definition) is 2. The second-order valence-electron chi connectivity index (χ2n) is 6.20. The summed E-state index contributed by atoms with van der Waals surface area (Å²) in [5.41, 5.74) is 1.39. The van der Waals surface area contributed by atoms with Crippen molar-refractivity contribution < 1.29 is 0 Å². The van der Waals surface area contributed by atoms with Gasteiger partial charge in [-0.2, -0.15) is 0 Å². The van der Waals surface area contributed by atoms with E-state index in [0.29, 0.717) is 12.1 Å². The predicted molar refractivity (Wildman–Crippen MR) is 114 cm³/mol. The topological polar surface area (TPSA) is 39.7 Å². The number of nitrogens with zero attached hydrogens (tertiary/aromatic N) is 2. The number of rotatable bonds is 9. The summed E-state index contributed by atoms with van der Waals surface area (Å²) in [4.78, 5) is 7.37. The van der Waals surface area contributed by atoms with E-state index in [9.17, 15) is 0 Å². The van der Waals surface area contributed by atoms with Crippen molar-refractivity contribution in [1.82, 2.24) is 15.5 Å². The fraction of sp³-hybridized carbons (Fsp3) is 0.632. The summed E-state index contributed by atoms with van der Waals surface area (Å²) < 4.78 is 0. The number of hydrogen-bond donors (Lipinski definition) is 2. The van der Waals surface area contributed by atoms with Gasteiger partial charge in [0.1, 0.15) is 0 Å². The van der Waals surface area contributed by atoms with Gasteiger partial charge in [-0.25, -0.2) is 0 Å². The lowest BCUT2D eigenvalue weighted by molar-refractivity contribution is 0.220. The van der Waals surface area contributed by atoms with Gasteiger partial charge in [0.05, 0.1) is 6.54 Å². The Balaban J connectivity index is 0.00000288. The minimum Gasteiger partial charge on any atom is -0.357 e. The largest absolute Gasteiger partial charge is 0.357 e. The number of aliphatic imine (C=N–C) groups is 1. The molecule has 0 heterocycles. The molecule has 1 aromatic carbocycles. The Hall–Kier alpha value is -0.820. The van der Waals surface area contributed by atoms with Crippen LogP contribution in [0.5, 0.6) is 0 Å². The summed E-state index contributed by atoms with van der Waals surface area (Å²) in [6.45, 7) is 10.5. The van der Waals surface area contributed by atoms with Gasteiger partial charge in [-0.1, -0.05) is 44.2 Å². The Morgan fingerprint density at radius 1 is 1.17 bits per heavy atom. The summed E-state index contributed by atoms with van der Waals surface area (Å²) >= 11 is 0. The molecule has 1 saturated carbocycles. The summed E-state index contributed by atoms with van der Waals surface area (Å²) in [5.74, 6) is 0.972. The number of nitrogens with one attached hydrogen (secondary N) is 2. The first-order chi connectivity index (χ1) is 11.3. The molecule has 0 radical (unpaired) electrons. The maximum absolute atomic E-state index is 4.86. The maximum atomic E-state index is 4.86. The first-order valence-electron chi connectivity index (χ1n) is 9.09. The van der Waals surface area contributed by atoms with E-state index in [2.05, 4.69) is 66.6 Å². The fourth-order valence-electron chi connectivity index (χ4n) is 2.87. The van der Waals surface area contributed by atoms with Crippen LogP contribution in [0.3, 0.4) is 0 Å². The Bertz CT molecular complexity index is 470. The van der Waals surface area contributed by atoms with Crippen LogP contribution in [0.2, 0.25) is 0 Å². The Kier molecular flexibility index (Phi) is 10.3. The van der Waals surface area contributed by atoms with Crippen molar-refractivity contribution in [2.75, 3.05) is 26.2 Å². The average molecular weight is 444 g/mol. The lowest BCUT2D eigenvalue weighted by Crippen LogP contribution is -2.42. The maximum Gasteiger partial charge on any atom is 0.191 e. The van der Waals surface area contributed by atoms with E-state index in [1.165, 1.54) is 18.4 Å². The minimum absolute atomic E-state index is 0. The van der Waals surface area contributed by atoms with Crippen LogP contribution >= 0.6 is 24.0 Å². The summed E-state index contributed by atoms with van der Waals surface area (Å²) in [7, 11) is 0. The van der Waals surface area contributed by atoms with Gasteiger partial charge in [-0.3, -0.25) is 9.89 Å². The molecule has 2 rings (SSSR count). The van der Waals surface area contributed by atoms with E-state index in [1.54, 1.807) is 0 Å². The van der Waals surface area contributed by atoms with E-state index in [1.807, 2.05) is 0 Å². The molecule has 1 aliphatic carbocycles. The molecule has 1 unspecified atom stereocenters. The highest BCUT2D eigenvalue weighted by molar-refractivity contribution is 14.0. The van der Waals surface area contributed by atoms with Gasteiger partial charge in [-0.05, 0) is 44.8 Å². The van der Waals surface area contributed by atoms with Gasteiger partial charge in [-0.15, -0.1) is 24.0 Å². The SMILES string of the molecule is CCNC(=NCC(Cc1ccccc1)N(CC)CC)NC1CC1.I. The number of benzene rings is 1. The van der Waals surface area contributed by atoms with E-state index in [4.69, 9.17) is 4.99 Å². The van der Waals surface area contributed by atoms with Crippen LogP contribution in [0.15, 0.2) is 35.3 Å². The number of likely N-dealkylation sites (N-methyl/N-ethyl adjacent to an activating group) is 1. The molecule has 1 atom stereocenters. The molecule has 1 fully saturated rings. The van der Waals surface area contributed by atoms with Crippen molar-refractivity contribution in [2.45, 2.75) is 52.1 Å². The monoisotopic (exact) mass is 444 g/mol. The standard InChI is InChI=1S/C19H32N4.HI/c1-4-20-19(22-17-12-13-17)21-15-18(23(5-2)6-3)14-16-10-8-7-9-11-16;/h7-11,17-18H,4-6,12-15H2,1-3H3,(H2,20,21,22);1H. The molecule has 0 spiro atoms. The molecule has 0 aliphatic heterocycles. The molecular weight excluding hydrogens is 411 g/mol. The van der Waals surface area contributed by atoms with Crippen molar-refractivity contribution >= 4 is 29.9 Å². The molecular formula is C19H33IN4. The van der Waals surface area contributed by atoms with Crippen molar-refractivity contribution in [1.29, 1.82) is 0 Å². The Morgan fingerprint density at radius 3 is 2.38 bits per heavy atom. The van der Waals surface area contributed by atoms with Gasteiger partial charge >= 0.3 is 0 Å². The third kappa shape index (κ3) is 7.38. The lowest BCUT2D eigenvalue weighted by Gasteiger charge is -2.29. The van der Waals surface area contributed by atoms with E-state index < -0.39 is 0 Å². The zero-order valence-electron chi connectivity index (χ0n) is 15.3. The molecule has 136 valence electrons. The summed E-state index contributed by atoms with van der Waals surface area (Å²) in [6.07, 6.45) is 3.59. The molecule has 0 aromatic heterocycles. The second-order valence-corrected chi connectivity index (χ2v) is 6.20. The average Bonchev–Trinajstić information content (AvgIpc) is 3.38. The zero-order chi connectivity index (χ0) is 16.5. The number of halogens is 1. The van der Waals surface area contributed by atoms with Crippen LogP contribution in [0.25, 0.3) is 0 Å². The highest BCUT2D eigenvalue weighted by Crippen LogP contribution is 2.18. The van der Waals surface area contributed by atoms with E-state index in [0.717, 1.165) is 38.6 Å². The minimum atomic E-state index is 0. The highest BCUT2D eigenvalue weighted by atomic mass is 127. The van der Waals surface area contributed by atoms with Crippen molar-refractivity contribution in [3.05, 3.63) is 35.9 Å². The quantitative estimate of drug-likeness (QED) is 0.349. The summed E-state index contributed by atoms with van der Waals surface area (Å²) in [6, 6.07) is 11.8. The van der Waals surface area contributed by atoms with Gasteiger partial charge in [0.25, 0.3) is 0 Å². The third-order valence-electron chi connectivity index (χ3n) is 4.37. The second kappa shape index (κ2) is 11.7. The van der Waals surface area contributed by atoms with Crippen molar-refractivity contribution in [3.8, 4) is 0 Å². The predicted octanol–water partition coefficient (Wildman–Crippen LogP) is 3.28. The Labute approximate surface area is 164 Å². The van der Waals surface area contributed by atoms with Crippen molar-refractivity contribution in [3.63, 3.8) is 0 Å². The van der Waals surface area contributed by atoms with Crippen LogP contribution < -0.4 is 10.6 Å². The third-order valence-corrected chi connectivity index (χ3v) is 4.37. The van der Waals surface area contributed by atoms with Gasteiger partial charge < -0.3 is 10.6 Å². The van der Waals surface area contributed by atoms with E-state index >= 15 is 0 Å². The number of guanidine groups is 1. The van der Waals surface area contributed by atoms with Gasteiger partial charge in [0, 0.05) is 18.6 Å². The molecule has 1 aromatic rings. The molecule has 4 nitrogen and oxygen atoms in total. The summed E-state index contributed by atoms with van der Waals surface area (Å²) in [5, 5.41) is 6.87. The smallest absolute Gasteiger partial charge is 0.191 e. The Morgan fingerprint density at radius 2 is 1.83 bits per heavy atom. The van der Waals surface area contributed by atoms with Crippen LogP contribution in [0.1, 0.15) is 39.2 Å². The molecule has 0 saturated heterocycles. The highest BCUT2D eigenvalue weighted by Gasteiger charge is 2.22. The zero-order valence-corrected chi connectivity index (χ0v) is 17.6. The van der Waals surface area contributed by atoms with Crippen molar-refractivity contribution in [2.24, 2.45) is 4.99 Å².